The van der Waals surface area contributed by atoms with E-state index in [-0.39, 0.29) is 23.9 Å². The van der Waals surface area contributed by atoms with Crippen LogP contribution in [0.2, 0.25) is 0 Å². The van der Waals surface area contributed by atoms with Crippen LogP contribution in [-0.4, -0.2) is 36.7 Å². The van der Waals surface area contributed by atoms with Gasteiger partial charge in [0.2, 0.25) is 0 Å². The van der Waals surface area contributed by atoms with Crippen molar-refractivity contribution in [2.75, 3.05) is 13.6 Å². The number of hydrogen-bond acceptors (Lipinski definition) is 2. The number of amides is 2. The molecular weight excluding hydrogens is 273 g/mol. The lowest BCUT2D eigenvalue weighted by molar-refractivity contribution is -0.137. The van der Waals surface area contributed by atoms with E-state index in [1.807, 2.05) is 0 Å². The SMILES string of the molecule is CNC(=O)N1CC(Oc2cccc(C(F)(F)F)c2)C1C. The second-order valence-corrected chi connectivity index (χ2v) is 4.63. The molecule has 1 aliphatic heterocycles. The molecular formula is C13H15F3N2O2. The normalized spacial score (nSPS) is 22.1. The number of benzene rings is 1. The molecule has 1 fully saturated rings. The average Bonchev–Trinajstić information content (AvgIpc) is 2.41. The molecule has 1 saturated heterocycles. The maximum Gasteiger partial charge on any atom is 0.416 e. The molecule has 0 spiro atoms. The van der Waals surface area contributed by atoms with Crippen LogP contribution in [0.15, 0.2) is 24.3 Å². The van der Waals surface area contributed by atoms with Crippen molar-refractivity contribution in [3.05, 3.63) is 29.8 Å². The maximum atomic E-state index is 12.6. The fourth-order valence-corrected chi connectivity index (χ4v) is 2.04. The third-order valence-corrected chi connectivity index (χ3v) is 3.33. The fourth-order valence-electron chi connectivity index (χ4n) is 2.04. The van der Waals surface area contributed by atoms with Crippen molar-refractivity contribution in [1.82, 2.24) is 10.2 Å². The highest BCUT2D eigenvalue weighted by atomic mass is 19.4. The number of halogens is 3. The van der Waals surface area contributed by atoms with E-state index in [4.69, 9.17) is 4.74 Å². The molecule has 20 heavy (non-hydrogen) atoms. The van der Waals surface area contributed by atoms with Gasteiger partial charge in [0, 0.05) is 7.05 Å². The molecule has 0 aromatic heterocycles. The van der Waals surface area contributed by atoms with Gasteiger partial charge in [0.1, 0.15) is 11.9 Å². The Hall–Kier alpha value is -1.92. The first-order chi connectivity index (χ1) is 9.32. The van der Waals surface area contributed by atoms with E-state index in [1.54, 1.807) is 11.8 Å². The van der Waals surface area contributed by atoms with Crippen LogP contribution >= 0.6 is 0 Å². The summed E-state index contributed by atoms with van der Waals surface area (Å²) in [5.74, 6) is 0.160. The van der Waals surface area contributed by atoms with Crippen LogP contribution in [0.25, 0.3) is 0 Å². The van der Waals surface area contributed by atoms with Gasteiger partial charge < -0.3 is 15.0 Å². The van der Waals surface area contributed by atoms with Crippen molar-refractivity contribution >= 4 is 6.03 Å². The van der Waals surface area contributed by atoms with Gasteiger partial charge in [0.15, 0.2) is 0 Å². The number of carbonyl (C=O) groups excluding carboxylic acids is 1. The molecule has 0 radical (unpaired) electrons. The summed E-state index contributed by atoms with van der Waals surface area (Å²) in [5.41, 5.74) is -0.745. The molecule has 110 valence electrons. The first kappa shape index (κ1) is 14.5. The molecule has 1 aromatic rings. The highest BCUT2D eigenvalue weighted by Gasteiger charge is 2.40. The van der Waals surface area contributed by atoms with Crippen molar-refractivity contribution in [2.24, 2.45) is 0 Å². The number of ether oxygens (including phenoxy) is 1. The van der Waals surface area contributed by atoms with E-state index in [2.05, 4.69) is 5.32 Å². The molecule has 1 heterocycles. The number of hydrogen-bond donors (Lipinski definition) is 1. The summed E-state index contributed by atoms with van der Waals surface area (Å²) < 4.78 is 43.2. The van der Waals surface area contributed by atoms with E-state index in [0.29, 0.717) is 6.54 Å². The van der Waals surface area contributed by atoms with Gasteiger partial charge in [-0.3, -0.25) is 0 Å². The van der Waals surface area contributed by atoms with Crippen LogP contribution in [-0.2, 0) is 6.18 Å². The van der Waals surface area contributed by atoms with E-state index >= 15 is 0 Å². The molecule has 2 unspecified atom stereocenters. The lowest BCUT2D eigenvalue weighted by Crippen LogP contribution is -2.64. The Morgan fingerprint density at radius 2 is 2.15 bits per heavy atom. The molecule has 1 aliphatic rings. The molecule has 2 atom stereocenters. The number of urea groups is 1. The third-order valence-electron chi connectivity index (χ3n) is 3.33. The summed E-state index contributed by atoms with van der Waals surface area (Å²) in [6, 6.07) is 4.34. The number of nitrogens with zero attached hydrogens (tertiary/aromatic N) is 1. The molecule has 7 heteroatoms. The van der Waals surface area contributed by atoms with Crippen molar-refractivity contribution in [1.29, 1.82) is 0 Å². The Kier molecular flexibility index (Phi) is 3.78. The number of alkyl halides is 3. The quantitative estimate of drug-likeness (QED) is 0.908. The zero-order valence-corrected chi connectivity index (χ0v) is 11.1. The van der Waals surface area contributed by atoms with Crippen molar-refractivity contribution in [2.45, 2.75) is 25.2 Å². The Labute approximate surface area is 114 Å². The van der Waals surface area contributed by atoms with Gasteiger partial charge in [-0.15, -0.1) is 0 Å². The summed E-state index contributed by atoms with van der Waals surface area (Å²) in [7, 11) is 1.52. The monoisotopic (exact) mass is 288 g/mol. The summed E-state index contributed by atoms with van der Waals surface area (Å²) in [5, 5.41) is 2.49. The van der Waals surface area contributed by atoms with Crippen molar-refractivity contribution < 1.29 is 22.7 Å². The van der Waals surface area contributed by atoms with E-state index in [1.165, 1.54) is 19.2 Å². The van der Waals surface area contributed by atoms with Gasteiger partial charge in [-0.1, -0.05) is 6.07 Å². The lowest BCUT2D eigenvalue weighted by atomic mass is 10.0. The summed E-state index contributed by atoms with van der Waals surface area (Å²) in [4.78, 5) is 13.0. The minimum absolute atomic E-state index is 0.160. The molecule has 0 saturated carbocycles. The van der Waals surface area contributed by atoms with Gasteiger partial charge in [0.25, 0.3) is 0 Å². The summed E-state index contributed by atoms with van der Waals surface area (Å²) in [6.45, 7) is 2.15. The summed E-state index contributed by atoms with van der Waals surface area (Å²) >= 11 is 0. The van der Waals surface area contributed by atoms with Crippen LogP contribution in [0.1, 0.15) is 12.5 Å². The second kappa shape index (κ2) is 5.22. The smallest absolute Gasteiger partial charge is 0.416 e. The number of carbonyl (C=O) groups is 1. The van der Waals surface area contributed by atoms with Gasteiger partial charge in [0.05, 0.1) is 18.2 Å². The molecule has 1 N–H and O–H groups in total. The first-order valence-electron chi connectivity index (χ1n) is 6.15. The largest absolute Gasteiger partial charge is 0.486 e. The fraction of sp³-hybridized carbons (Fsp3) is 0.462. The zero-order chi connectivity index (χ0) is 14.9. The first-order valence-corrected chi connectivity index (χ1v) is 6.15. The molecule has 0 bridgehead atoms. The number of rotatable bonds is 2. The van der Waals surface area contributed by atoms with Crippen LogP contribution in [0, 0.1) is 0 Å². The predicted molar refractivity (Wildman–Crippen MR) is 66.5 cm³/mol. The number of likely N-dealkylation sites (tertiary alicyclic amines) is 1. The Morgan fingerprint density at radius 1 is 1.45 bits per heavy atom. The van der Waals surface area contributed by atoms with Crippen LogP contribution in [0.5, 0.6) is 5.75 Å². The molecule has 1 aromatic carbocycles. The van der Waals surface area contributed by atoms with Crippen molar-refractivity contribution in [3.63, 3.8) is 0 Å². The Morgan fingerprint density at radius 3 is 2.70 bits per heavy atom. The lowest BCUT2D eigenvalue weighted by Gasteiger charge is -2.45. The topological polar surface area (TPSA) is 41.6 Å². The minimum atomic E-state index is -4.39. The molecule has 4 nitrogen and oxygen atoms in total. The molecule has 2 rings (SSSR count). The van der Waals surface area contributed by atoms with E-state index < -0.39 is 11.7 Å². The highest BCUT2D eigenvalue weighted by molar-refractivity contribution is 5.75. The molecule has 0 aliphatic carbocycles. The second-order valence-electron chi connectivity index (χ2n) is 4.63. The van der Waals surface area contributed by atoms with Crippen LogP contribution in [0.4, 0.5) is 18.0 Å². The third kappa shape index (κ3) is 2.81. The Balaban J connectivity index is 2.01. The van der Waals surface area contributed by atoms with Crippen LogP contribution in [0.3, 0.4) is 0 Å². The van der Waals surface area contributed by atoms with E-state index in [9.17, 15) is 18.0 Å². The van der Waals surface area contributed by atoms with E-state index in [0.717, 1.165) is 12.1 Å². The summed E-state index contributed by atoms with van der Waals surface area (Å²) in [6.07, 6.45) is -4.69. The zero-order valence-electron chi connectivity index (χ0n) is 11.1. The van der Waals surface area contributed by atoms with Gasteiger partial charge in [-0.2, -0.15) is 13.2 Å². The predicted octanol–water partition coefficient (Wildman–Crippen LogP) is 2.50. The Bertz CT molecular complexity index is 505. The standard InChI is InChI=1S/C13H15F3N2O2/c1-8-11(7-18(8)12(19)17-2)20-10-5-3-4-9(6-10)13(14,15)16/h3-6,8,11H,7H2,1-2H3,(H,17,19). The van der Waals surface area contributed by atoms with Crippen molar-refractivity contribution in [3.8, 4) is 5.75 Å². The molecule has 2 amide bonds. The van der Waals surface area contributed by atoms with Gasteiger partial charge in [-0.05, 0) is 25.1 Å². The minimum Gasteiger partial charge on any atom is -0.486 e. The maximum absolute atomic E-state index is 12.6. The number of nitrogens with one attached hydrogen (secondary N) is 1. The van der Waals surface area contributed by atoms with Gasteiger partial charge >= 0.3 is 12.2 Å². The van der Waals surface area contributed by atoms with Gasteiger partial charge in [-0.25, -0.2) is 4.79 Å². The highest BCUT2D eigenvalue weighted by Crippen LogP contribution is 2.32. The van der Waals surface area contributed by atoms with Crippen LogP contribution < -0.4 is 10.1 Å². The average molecular weight is 288 g/mol.